The minimum atomic E-state index is -0.547. The number of oxazole rings is 1. The highest BCUT2D eigenvalue weighted by molar-refractivity contribution is 7.07. The van der Waals surface area contributed by atoms with Crippen molar-refractivity contribution in [1.29, 1.82) is 0 Å². The summed E-state index contributed by atoms with van der Waals surface area (Å²) >= 11 is 1.06. The normalized spacial score (nSPS) is 10.9. The van der Waals surface area contributed by atoms with Crippen molar-refractivity contribution in [3.63, 3.8) is 0 Å². The average molecular weight is 305 g/mol. The Bertz CT molecular complexity index is 931. The number of nitrogens with zero attached hydrogens (tertiary/aromatic N) is 1. The minimum Gasteiger partial charge on any atom is -0.408 e. The SMILES string of the molecule is Cc1csc(=O)n1CC(=O)Nc1ccc2oc(=O)[nH]c2c1. The standard InChI is InChI=1S/C13H11N3O4S/c1-7-6-21-13(19)16(7)5-11(17)14-8-2-3-10-9(4-8)15-12(18)20-10/h2-4,6H,5H2,1H3,(H,14,17)(H,15,18). The highest BCUT2D eigenvalue weighted by Gasteiger charge is 2.09. The van der Waals surface area contributed by atoms with E-state index in [2.05, 4.69) is 10.3 Å². The fraction of sp³-hybridized carbons (Fsp3) is 0.154. The third kappa shape index (κ3) is 2.65. The molecule has 0 aliphatic carbocycles. The summed E-state index contributed by atoms with van der Waals surface area (Å²) in [6, 6.07) is 4.81. The van der Waals surface area contributed by atoms with E-state index in [9.17, 15) is 14.4 Å². The number of anilines is 1. The second-order valence-corrected chi connectivity index (χ2v) is 5.32. The summed E-state index contributed by atoms with van der Waals surface area (Å²) < 4.78 is 6.28. The van der Waals surface area contributed by atoms with Gasteiger partial charge >= 0.3 is 10.6 Å². The highest BCUT2D eigenvalue weighted by Crippen LogP contribution is 2.16. The zero-order valence-electron chi connectivity index (χ0n) is 11.0. The van der Waals surface area contributed by atoms with Crippen LogP contribution in [0.5, 0.6) is 0 Å². The van der Waals surface area contributed by atoms with Crippen molar-refractivity contribution in [2.75, 3.05) is 5.32 Å². The Hall–Kier alpha value is -2.61. The molecule has 0 saturated heterocycles. The van der Waals surface area contributed by atoms with Gasteiger partial charge in [0.05, 0.1) is 5.52 Å². The summed E-state index contributed by atoms with van der Waals surface area (Å²) in [4.78, 5) is 36.9. The molecule has 7 nitrogen and oxygen atoms in total. The van der Waals surface area contributed by atoms with Crippen molar-refractivity contribution in [2.24, 2.45) is 0 Å². The molecule has 1 aromatic carbocycles. The maximum Gasteiger partial charge on any atom is 0.417 e. The first-order chi connectivity index (χ1) is 10.0. The monoisotopic (exact) mass is 305 g/mol. The summed E-state index contributed by atoms with van der Waals surface area (Å²) in [6.45, 7) is 1.72. The van der Waals surface area contributed by atoms with Gasteiger partial charge in [-0.05, 0) is 25.1 Å². The first kappa shape index (κ1) is 13.4. The molecule has 108 valence electrons. The first-order valence-corrected chi connectivity index (χ1v) is 6.98. The molecular weight excluding hydrogens is 294 g/mol. The first-order valence-electron chi connectivity index (χ1n) is 6.10. The van der Waals surface area contributed by atoms with Crippen molar-refractivity contribution < 1.29 is 9.21 Å². The van der Waals surface area contributed by atoms with Crippen LogP contribution in [-0.2, 0) is 11.3 Å². The number of hydrogen-bond donors (Lipinski definition) is 2. The summed E-state index contributed by atoms with van der Waals surface area (Å²) in [6.07, 6.45) is 0. The molecule has 0 spiro atoms. The number of benzene rings is 1. The van der Waals surface area contributed by atoms with Crippen molar-refractivity contribution in [3.8, 4) is 0 Å². The van der Waals surface area contributed by atoms with E-state index in [0.29, 0.717) is 16.8 Å². The van der Waals surface area contributed by atoms with Crippen LogP contribution in [0.3, 0.4) is 0 Å². The Balaban J connectivity index is 1.80. The lowest BCUT2D eigenvalue weighted by Crippen LogP contribution is -2.25. The van der Waals surface area contributed by atoms with Crippen LogP contribution in [0.1, 0.15) is 5.69 Å². The molecular formula is C13H11N3O4S. The third-order valence-corrected chi connectivity index (χ3v) is 3.86. The highest BCUT2D eigenvalue weighted by atomic mass is 32.1. The molecule has 0 aliphatic rings. The van der Waals surface area contributed by atoms with Gasteiger partial charge in [-0.3, -0.25) is 19.1 Å². The van der Waals surface area contributed by atoms with Gasteiger partial charge in [0, 0.05) is 16.8 Å². The average Bonchev–Trinajstić information content (AvgIpc) is 2.94. The van der Waals surface area contributed by atoms with E-state index in [0.717, 1.165) is 17.0 Å². The molecule has 8 heteroatoms. The largest absolute Gasteiger partial charge is 0.417 e. The number of rotatable bonds is 3. The molecule has 0 saturated carbocycles. The number of aromatic amines is 1. The van der Waals surface area contributed by atoms with E-state index in [1.54, 1.807) is 30.5 Å². The lowest BCUT2D eigenvalue weighted by molar-refractivity contribution is -0.116. The lowest BCUT2D eigenvalue weighted by atomic mass is 10.3. The Morgan fingerprint density at radius 1 is 1.43 bits per heavy atom. The van der Waals surface area contributed by atoms with Crippen molar-refractivity contribution in [2.45, 2.75) is 13.5 Å². The molecule has 1 amide bonds. The van der Waals surface area contributed by atoms with Crippen LogP contribution < -0.4 is 15.9 Å². The fourth-order valence-corrected chi connectivity index (χ4v) is 2.70. The van der Waals surface area contributed by atoms with Crippen LogP contribution in [0, 0.1) is 6.92 Å². The number of H-pyrrole nitrogens is 1. The van der Waals surface area contributed by atoms with Crippen LogP contribution in [0.2, 0.25) is 0 Å². The van der Waals surface area contributed by atoms with Crippen LogP contribution >= 0.6 is 11.3 Å². The smallest absolute Gasteiger partial charge is 0.408 e. The molecule has 21 heavy (non-hydrogen) atoms. The molecule has 2 aromatic heterocycles. The van der Waals surface area contributed by atoms with Crippen LogP contribution in [0.25, 0.3) is 11.1 Å². The third-order valence-electron chi connectivity index (χ3n) is 2.98. The predicted molar refractivity (Wildman–Crippen MR) is 78.8 cm³/mol. The molecule has 0 aliphatic heterocycles. The van der Waals surface area contributed by atoms with Crippen molar-refractivity contribution in [3.05, 3.63) is 49.5 Å². The summed E-state index contributed by atoms with van der Waals surface area (Å²) in [5, 5.41) is 4.38. The van der Waals surface area contributed by atoms with E-state index in [1.165, 1.54) is 4.57 Å². The maximum atomic E-state index is 12.0. The molecule has 0 unspecified atom stereocenters. The zero-order valence-corrected chi connectivity index (χ0v) is 11.8. The molecule has 2 heterocycles. The van der Waals surface area contributed by atoms with Gasteiger partial charge in [0.1, 0.15) is 6.54 Å². The minimum absolute atomic E-state index is 0.0475. The second kappa shape index (κ2) is 5.06. The summed E-state index contributed by atoms with van der Waals surface area (Å²) in [7, 11) is 0. The van der Waals surface area contributed by atoms with E-state index in [-0.39, 0.29) is 17.3 Å². The van der Waals surface area contributed by atoms with Crippen LogP contribution in [0.15, 0.2) is 37.6 Å². The van der Waals surface area contributed by atoms with Gasteiger partial charge in [-0.15, -0.1) is 0 Å². The number of thiazole rings is 1. The summed E-state index contributed by atoms with van der Waals surface area (Å²) in [5.41, 5.74) is 2.19. The van der Waals surface area contributed by atoms with Crippen molar-refractivity contribution in [1.82, 2.24) is 9.55 Å². The number of fused-ring (bicyclic) bond motifs is 1. The Morgan fingerprint density at radius 2 is 2.24 bits per heavy atom. The van der Waals surface area contributed by atoms with Gasteiger partial charge < -0.3 is 9.73 Å². The number of amides is 1. The number of hydrogen-bond acceptors (Lipinski definition) is 5. The molecule has 3 rings (SSSR count). The number of aromatic nitrogens is 2. The quantitative estimate of drug-likeness (QED) is 0.762. The number of nitrogens with one attached hydrogen (secondary N) is 2. The fourth-order valence-electron chi connectivity index (χ4n) is 1.97. The lowest BCUT2D eigenvalue weighted by Gasteiger charge is -2.06. The zero-order chi connectivity index (χ0) is 15.0. The molecule has 0 radical (unpaired) electrons. The Labute approximate surface area is 121 Å². The van der Waals surface area contributed by atoms with Crippen LogP contribution in [0.4, 0.5) is 5.69 Å². The van der Waals surface area contributed by atoms with Gasteiger partial charge in [0.25, 0.3) is 0 Å². The van der Waals surface area contributed by atoms with E-state index in [1.807, 2.05) is 0 Å². The second-order valence-electron chi connectivity index (χ2n) is 4.50. The summed E-state index contributed by atoms with van der Waals surface area (Å²) in [5.74, 6) is -0.863. The van der Waals surface area contributed by atoms with Crippen molar-refractivity contribution >= 4 is 34.0 Å². The van der Waals surface area contributed by atoms with Gasteiger partial charge in [-0.1, -0.05) is 11.3 Å². The Kier molecular flexibility index (Phi) is 3.22. The molecule has 2 N–H and O–H groups in total. The number of carbonyl (C=O) groups excluding carboxylic acids is 1. The van der Waals surface area contributed by atoms with Crippen LogP contribution in [-0.4, -0.2) is 15.5 Å². The van der Waals surface area contributed by atoms with E-state index >= 15 is 0 Å². The molecule has 3 aromatic rings. The number of carbonyl (C=O) groups is 1. The van der Waals surface area contributed by atoms with E-state index < -0.39 is 5.76 Å². The molecule has 0 atom stereocenters. The maximum absolute atomic E-state index is 12.0. The van der Waals surface area contributed by atoms with Gasteiger partial charge in [0.15, 0.2) is 5.58 Å². The van der Waals surface area contributed by atoms with Gasteiger partial charge in [-0.25, -0.2) is 4.79 Å². The molecule has 0 fully saturated rings. The van der Waals surface area contributed by atoms with E-state index in [4.69, 9.17) is 4.42 Å². The van der Waals surface area contributed by atoms with Gasteiger partial charge in [-0.2, -0.15) is 0 Å². The van der Waals surface area contributed by atoms with Gasteiger partial charge in [0.2, 0.25) is 5.91 Å². The predicted octanol–water partition coefficient (Wildman–Crippen LogP) is 1.29. The topological polar surface area (TPSA) is 97.1 Å². The molecule has 0 bridgehead atoms. The Morgan fingerprint density at radius 3 is 2.95 bits per heavy atom. The number of aryl methyl sites for hydroxylation is 1.